The third kappa shape index (κ3) is 5.41. The van der Waals surface area contributed by atoms with Gasteiger partial charge in [-0.05, 0) is 25.5 Å². The Hall–Kier alpha value is -1.23. The zero-order chi connectivity index (χ0) is 15.0. The summed E-state index contributed by atoms with van der Waals surface area (Å²) in [6, 6.07) is 5.99. The first-order valence-electron chi connectivity index (χ1n) is 6.89. The second-order valence-electron chi connectivity index (χ2n) is 5.00. The van der Waals surface area contributed by atoms with Crippen molar-refractivity contribution in [3.05, 3.63) is 34.9 Å². The van der Waals surface area contributed by atoms with E-state index in [4.69, 9.17) is 9.47 Å². The average Bonchev–Trinajstić information content (AvgIpc) is 2.44. The van der Waals surface area contributed by atoms with Crippen molar-refractivity contribution in [1.29, 1.82) is 0 Å². The van der Waals surface area contributed by atoms with Crippen molar-refractivity contribution >= 4 is 5.78 Å². The van der Waals surface area contributed by atoms with Gasteiger partial charge in [-0.15, -0.1) is 0 Å². The molecule has 0 spiro atoms. The van der Waals surface area contributed by atoms with E-state index in [0.29, 0.717) is 19.8 Å². The van der Waals surface area contributed by atoms with Crippen molar-refractivity contribution in [2.45, 2.75) is 13.8 Å². The summed E-state index contributed by atoms with van der Waals surface area (Å²) in [5, 5.41) is 0. The van der Waals surface area contributed by atoms with Crippen molar-refractivity contribution < 1.29 is 14.3 Å². The van der Waals surface area contributed by atoms with Gasteiger partial charge in [-0.1, -0.05) is 17.7 Å². The van der Waals surface area contributed by atoms with E-state index < -0.39 is 0 Å². The summed E-state index contributed by atoms with van der Waals surface area (Å²) < 4.78 is 10.2. The Balaban J connectivity index is 2.70. The number of carbonyl (C=O) groups excluding carboxylic acids is 1. The fourth-order valence-corrected chi connectivity index (χ4v) is 2.04. The molecule has 0 aliphatic rings. The van der Waals surface area contributed by atoms with Crippen molar-refractivity contribution in [2.24, 2.45) is 0 Å². The van der Waals surface area contributed by atoms with Gasteiger partial charge >= 0.3 is 0 Å². The molecule has 0 N–H and O–H groups in total. The number of ketones is 1. The number of ether oxygens (including phenoxy) is 2. The lowest BCUT2D eigenvalue weighted by atomic mass is 10.0. The molecule has 0 saturated carbocycles. The molecule has 0 saturated heterocycles. The Morgan fingerprint density at radius 3 is 2.25 bits per heavy atom. The molecule has 0 aromatic heterocycles. The normalized spacial score (nSPS) is 11.1. The Bertz CT molecular complexity index is 424. The molecule has 0 fully saturated rings. The highest BCUT2D eigenvalue weighted by Gasteiger charge is 2.14. The number of carbonyl (C=O) groups is 1. The highest BCUT2D eigenvalue weighted by atomic mass is 16.5. The predicted molar refractivity (Wildman–Crippen MR) is 80.4 cm³/mol. The summed E-state index contributed by atoms with van der Waals surface area (Å²) in [5.74, 6) is 0.151. The van der Waals surface area contributed by atoms with Crippen LogP contribution in [0, 0.1) is 13.8 Å². The van der Waals surface area contributed by atoms with Crippen LogP contribution in [0.15, 0.2) is 18.2 Å². The van der Waals surface area contributed by atoms with Crippen LogP contribution in [-0.4, -0.2) is 57.8 Å². The summed E-state index contributed by atoms with van der Waals surface area (Å²) in [4.78, 5) is 14.5. The Kier molecular flexibility index (Phi) is 7.44. The summed E-state index contributed by atoms with van der Waals surface area (Å²) in [5.41, 5.74) is 2.95. The lowest BCUT2D eigenvalue weighted by molar-refractivity contribution is 0.0836. The van der Waals surface area contributed by atoms with Gasteiger partial charge in [-0.25, -0.2) is 0 Å². The molecule has 1 aromatic rings. The number of hydrogen-bond acceptors (Lipinski definition) is 4. The van der Waals surface area contributed by atoms with Crippen LogP contribution in [0.1, 0.15) is 21.5 Å². The lowest BCUT2D eigenvalue weighted by Crippen LogP contribution is -2.35. The second kappa shape index (κ2) is 8.84. The van der Waals surface area contributed by atoms with Gasteiger partial charge in [-0.3, -0.25) is 9.69 Å². The molecule has 0 bridgehead atoms. The maximum Gasteiger partial charge on any atom is 0.177 e. The van der Waals surface area contributed by atoms with E-state index in [9.17, 15) is 4.79 Å². The minimum absolute atomic E-state index is 0.151. The average molecular weight is 279 g/mol. The first-order chi connectivity index (χ1) is 9.58. The molecule has 1 aromatic carbocycles. The Morgan fingerprint density at radius 1 is 1.10 bits per heavy atom. The number of Topliss-reactive ketones (excluding diaryl/α,β-unsaturated/α-hetero) is 1. The van der Waals surface area contributed by atoms with Gasteiger partial charge in [-0.2, -0.15) is 0 Å². The SMILES string of the molecule is COCCN(CCOC)CC(=O)c1cc(C)ccc1C. The number of rotatable bonds is 9. The van der Waals surface area contributed by atoms with E-state index in [2.05, 4.69) is 4.90 Å². The quantitative estimate of drug-likeness (QED) is 0.649. The van der Waals surface area contributed by atoms with Crippen LogP contribution >= 0.6 is 0 Å². The monoisotopic (exact) mass is 279 g/mol. The van der Waals surface area contributed by atoms with E-state index >= 15 is 0 Å². The third-order valence-electron chi connectivity index (χ3n) is 3.28. The van der Waals surface area contributed by atoms with Crippen LogP contribution < -0.4 is 0 Å². The molecule has 0 radical (unpaired) electrons. The van der Waals surface area contributed by atoms with Gasteiger partial charge in [0.2, 0.25) is 0 Å². The maximum atomic E-state index is 12.4. The van der Waals surface area contributed by atoms with Gasteiger partial charge in [0, 0.05) is 32.9 Å². The van der Waals surface area contributed by atoms with Crippen molar-refractivity contribution in [3.8, 4) is 0 Å². The number of methoxy groups -OCH3 is 2. The zero-order valence-electron chi connectivity index (χ0n) is 12.9. The molecular weight excluding hydrogens is 254 g/mol. The lowest BCUT2D eigenvalue weighted by Gasteiger charge is -2.21. The molecule has 112 valence electrons. The Morgan fingerprint density at radius 2 is 1.70 bits per heavy atom. The van der Waals surface area contributed by atoms with Crippen LogP contribution in [-0.2, 0) is 9.47 Å². The van der Waals surface area contributed by atoms with Crippen molar-refractivity contribution in [3.63, 3.8) is 0 Å². The molecule has 4 nitrogen and oxygen atoms in total. The van der Waals surface area contributed by atoms with E-state index in [1.165, 1.54) is 0 Å². The van der Waals surface area contributed by atoms with E-state index in [-0.39, 0.29) is 5.78 Å². The standard InChI is InChI=1S/C16H25NO3/c1-13-5-6-14(2)15(11-13)16(18)12-17(7-9-19-3)8-10-20-4/h5-6,11H,7-10,12H2,1-4H3. The number of nitrogens with zero attached hydrogens (tertiary/aromatic N) is 1. The van der Waals surface area contributed by atoms with E-state index in [1.807, 2.05) is 32.0 Å². The third-order valence-corrected chi connectivity index (χ3v) is 3.28. The van der Waals surface area contributed by atoms with Gasteiger partial charge in [0.15, 0.2) is 5.78 Å². The van der Waals surface area contributed by atoms with Crippen LogP contribution in [0.3, 0.4) is 0 Å². The van der Waals surface area contributed by atoms with Gasteiger partial charge in [0.25, 0.3) is 0 Å². The molecule has 20 heavy (non-hydrogen) atoms. The van der Waals surface area contributed by atoms with E-state index in [0.717, 1.165) is 29.8 Å². The molecule has 4 heteroatoms. The zero-order valence-corrected chi connectivity index (χ0v) is 12.9. The largest absolute Gasteiger partial charge is 0.383 e. The molecule has 0 unspecified atom stereocenters. The Labute approximate surface area is 121 Å². The minimum atomic E-state index is 0.151. The molecule has 1 rings (SSSR count). The predicted octanol–water partition coefficient (Wildman–Crippen LogP) is 2.08. The van der Waals surface area contributed by atoms with Crippen molar-refractivity contribution in [2.75, 3.05) is 47.1 Å². The fraction of sp³-hybridized carbons (Fsp3) is 0.562. The first kappa shape index (κ1) is 16.8. The van der Waals surface area contributed by atoms with Crippen LogP contribution in [0.5, 0.6) is 0 Å². The number of hydrogen-bond donors (Lipinski definition) is 0. The van der Waals surface area contributed by atoms with E-state index in [1.54, 1.807) is 14.2 Å². The summed E-state index contributed by atoms with van der Waals surface area (Å²) in [6.45, 7) is 7.07. The summed E-state index contributed by atoms with van der Waals surface area (Å²) >= 11 is 0. The van der Waals surface area contributed by atoms with Crippen LogP contribution in [0.2, 0.25) is 0 Å². The number of benzene rings is 1. The molecular formula is C16H25NO3. The van der Waals surface area contributed by atoms with Gasteiger partial charge in [0.05, 0.1) is 19.8 Å². The topological polar surface area (TPSA) is 38.8 Å². The minimum Gasteiger partial charge on any atom is -0.383 e. The second-order valence-corrected chi connectivity index (χ2v) is 5.00. The molecule has 0 aliphatic heterocycles. The molecule has 0 aliphatic carbocycles. The fourth-order valence-electron chi connectivity index (χ4n) is 2.04. The van der Waals surface area contributed by atoms with Crippen LogP contribution in [0.4, 0.5) is 0 Å². The first-order valence-corrected chi connectivity index (χ1v) is 6.89. The van der Waals surface area contributed by atoms with Gasteiger partial charge in [0.1, 0.15) is 0 Å². The summed E-state index contributed by atoms with van der Waals surface area (Å²) in [7, 11) is 3.34. The highest BCUT2D eigenvalue weighted by molar-refractivity contribution is 5.99. The van der Waals surface area contributed by atoms with Crippen molar-refractivity contribution in [1.82, 2.24) is 4.90 Å². The highest BCUT2D eigenvalue weighted by Crippen LogP contribution is 2.12. The summed E-state index contributed by atoms with van der Waals surface area (Å²) in [6.07, 6.45) is 0. The molecule has 0 amide bonds. The smallest absolute Gasteiger partial charge is 0.177 e. The van der Waals surface area contributed by atoms with Crippen LogP contribution in [0.25, 0.3) is 0 Å². The molecule has 0 atom stereocenters. The van der Waals surface area contributed by atoms with Gasteiger partial charge < -0.3 is 9.47 Å². The maximum absolute atomic E-state index is 12.4. The molecule has 0 heterocycles. The number of aryl methyl sites for hydroxylation is 2.